The van der Waals surface area contributed by atoms with Crippen LogP contribution in [0.2, 0.25) is 0 Å². The van der Waals surface area contributed by atoms with Gasteiger partial charge in [-0.3, -0.25) is 0 Å². The minimum Gasteiger partial charge on any atom is -0.748 e. The monoisotopic (exact) mass is 414 g/mol. The van der Waals surface area contributed by atoms with Crippen LogP contribution in [0.15, 0.2) is 0 Å². The van der Waals surface area contributed by atoms with E-state index in [1.807, 2.05) is 6.92 Å². The van der Waals surface area contributed by atoms with Crippen molar-refractivity contribution < 1.29 is 47.6 Å². The van der Waals surface area contributed by atoms with Gasteiger partial charge in [-0.2, -0.15) is 0 Å². The fraction of sp³-hybridized carbons (Fsp3) is 1.00. The molecule has 0 aliphatic heterocycles. The van der Waals surface area contributed by atoms with Gasteiger partial charge in [0.25, 0.3) is 0 Å². The Morgan fingerprint density at radius 1 is 0.704 bits per heavy atom. The van der Waals surface area contributed by atoms with Gasteiger partial charge in [-0.25, -0.2) is 8.42 Å². The van der Waals surface area contributed by atoms with Crippen molar-refractivity contribution in [2.24, 2.45) is 0 Å². The maximum absolute atomic E-state index is 11.4. The fourth-order valence-electron chi connectivity index (χ4n) is 3.46. The summed E-state index contributed by atoms with van der Waals surface area (Å²) in [7, 11) is -4.14. The molecule has 0 rings (SSSR count). The number of rotatable bonds is 19. The fourth-order valence-corrected chi connectivity index (χ4v) is 4.37. The molecule has 0 aromatic heterocycles. The molecule has 0 radical (unpaired) electrons. The van der Waals surface area contributed by atoms with E-state index in [0.29, 0.717) is 12.8 Å². The third-order valence-corrected chi connectivity index (χ3v) is 6.47. The van der Waals surface area contributed by atoms with Gasteiger partial charge in [0.1, 0.15) is 0 Å². The van der Waals surface area contributed by atoms with Crippen molar-refractivity contribution in [2.45, 2.75) is 134 Å². The predicted octanol–water partition coefficient (Wildman–Crippen LogP) is 2.94. The van der Waals surface area contributed by atoms with Gasteiger partial charge in [0.15, 0.2) is 0 Å². The minimum absolute atomic E-state index is 0. The van der Waals surface area contributed by atoms with E-state index < -0.39 is 15.4 Å². The van der Waals surface area contributed by atoms with Gasteiger partial charge in [0.05, 0.1) is 16.2 Å². The van der Waals surface area contributed by atoms with Crippen molar-refractivity contribution in [3.63, 3.8) is 0 Å². The second-order valence-corrected chi connectivity index (χ2v) is 9.58. The predicted molar refractivity (Wildman–Crippen MR) is 109 cm³/mol. The summed E-state index contributed by atoms with van der Waals surface area (Å²) in [5.41, 5.74) is 0. The quantitative estimate of drug-likeness (QED) is 0.200. The third-order valence-electron chi connectivity index (χ3n) is 5.19. The van der Waals surface area contributed by atoms with Gasteiger partial charge in [-0.15, -0.1) is 0 Å². The molecule has 0 saturated heterocycles. The molecule has 2 atom stereocenters. The Bertz CT molecular complexity index is 399. The van der Waals surface area contributed by atoms with E-state index >= 15 is 0 Å². The van der Waals surface area contributed by atoms with E-state index in [2.05, 4.69) is 6.92 Å². The average Bonchev–Trinajstić information content (AvgIpc) is 2.56. The van der Waals surface area contributed by atoms with E-state index in [1.165, 1.54) is 38.5 Å². The Morgan fingerprint density at radius 3 is 1.37 bits per heavy atom. The molecule has 0 heterocycles. The molecule has 1 N–H and O–H groups in total. The molecule has 27 heavy (non-hydrogen) atoms. The zero-order chi connectivity index (χ0) is 19.7. The molecule has 158 valence electrons. The van der Waals surface area contributed by atoms with Crippen molar-refractivity contribution in [1.82, 2.24) is 0 Å². The summed E-state index contributed by atoms with van der Waals surface area (Å²) in [5, 5.41) is 8.52. The minimum atomic E-state index is -4.14. The van der Waals surface area contributed by atoms with Crippen molar-refractivity contribution in [1.29, 1.82) is 0 Å². The Balaban J connectivity index is 0. The van der Waals surface area contributed by atoms with E-state index in [9.17, 15) is 18.1 Å². The van der Waals surface area contributed by atoms with Crippen LogP contribution in [0, 0.1) is 0 Å². The smallest absolute Gasteiger partial charge is 0.748 e. The van der Waals surface area contributed by atoms with Crippen LogP contribution in [-0.2, 0) is 10.1 Å². The Kier molecular flexibility index (Phi) is 22.4. The van der Waals surface area contributed by atoms with Gasteiger partial charge < -0.3 is 9.66 Å². The van der Waals surface area contributed by atoms with Gasteiger partial charge in [-0.05, 0) is 26.2 Å². The van der Waals surface area contributed by atoms with E-state index in [0.717, 1.165) is 57.8 Å². The number of unbranched alkanes of at least 4 members (excludes halogenated alkanes) is 12. The first-order chi connectivity index (χ1) is 12.4. The SMILES string of the molecule is CCCCCCC(CCCCCCCCCCCCC(C)O)S(=O)(=O)[O-].[Na+]. The zero-order valence-electron chi connectivity index (χ0n) is 18.3. The van der Waals surface area contributed by atoms with Gasteiger partial charge >= 0.3 is 29.6 Å². The third kappa shape index (κ3) is 21.4. The second-order valence-electron chi connectivity index (χ2n) is 7.93. The van der Waals surface area contributed by atoms with Gasteiger partial charge in [0, 0.05) is 5.25 Å². The van der Waals surface area contributed by atoms with Crippen molar-refractivity contribution in [2.75, 3.05) is 0 Å². The van der Waals surface area contributed by atoms with Crippen LogP contribution in [0.4, 0.5) is 0 Å². The summed E-state index contributed by atoms with van der Waals surface area (Å²) < 4.78 is 34.1. The number of hydrogen-bond acceptors (Lipinski definition) is 4. The van der Waals surface area contributed by atoms with Crippen molar-refractivity contribution in [3.8, 4) is 0 Å². The first kappa shape index (κ1) is 30.1. The van der Waals surface area contributed by atoms with Crippen LogP contribution in [0.3, 0.4) is 0 Å². The van der Waals surface area contributed by atoms with E-state index in [4.69, 9.17) is 0 Å². The zero-order valence-corrected chi connectivity index (χ0v) is 21.1. The first-order valence-electron chi connectivity index (χ1n) is 11.0. The maximum atomic E-state index is 11.4. The van der Waals surface area contributed by atoms with Crippen LogP contribution in [0.5, 0.6) is 0 Å². The van der Waals surface area contributed by atoms with Crippen molar-refractivity contribution in [3.05, 3.63) is 0 Å². The Hall–Kier alpha value is 0.870. The van der Waals surface area contributed by atoms with Crippen LogP contribution >= 0.6 is 0 Å². The summed E-state index contributed by atoms with van der Waals surface area (Å²) in [5.74, 6) is 0. The molecule has 0 bridgehead atoms. The molecule has 6 heteroatoms. The number of aliphatic hydroxyl groups excluding tert-OH is 1. The number of hydrogen-bond donors (Lipinski definition) is 1. The van der Waals surface area contributed by atoms with E-state index in [-0.39, 0.29) is 35.7 Å². The molecule has 0 aromatic carbocycles. The molecule has 0 aromatic rings. The summed E-state index contributed by atoms with van der Waals surface area (Å²) in [4.78, 5) is 0. The molecule has 2 unspecified atom stereocenters. The summed E-state index contributed by atoms with van der Waals surface area (Å²) >= 11 is 0. The number of aliphatic hydroxyl groups is 1. The largest absolute Gasteiger partial charge is 1.00 e. The molecule has 0 amide bonds. The molecule has 0 spiro atoms. The summed E-state index contributed by atoms with van der Waals surface area (Å²) in [6.45, 7) is 3.97. The normalized spacial score (nSPS) is 13.9. The Labute approximate surface area is 191 Å². The van der Waals surface area contributed by atoms with Crippen LogP contribution in [-0.4, -0.2) is 29.4 Å². The topological polar surface area (TPSA) is 77.4 Å². The van der Waals surface area contributed by atoms with Crippen molar-refractivity contribution >= 4 is 10.1 Å². The van der Waals surface area contributed by atoms with Crippen LogP contribution < -0.4 is 29.6 Å². The average molecular weight is 415 g/mol. The molecule has 0 saturated carbocycles. The van der Waals surface area contributed by atoms with E-state index in [1.54, 1.807) is 0 Å². The van der Waals surface area contributed by atoms with Gasteiger partial charge in [-0.1, -0.05) is 96.8 Å². The molecule has 0 aliphatic carbocycles. The maximum Gasteiger partial charge on any atom is 1.00 e. The molecular formula is C21H43NaO4S. The first-order valence-corrected chi connectivity index (χ1v) is 12.5. The summed E-state index contributed by atoms with van der Waals surface area (Å²) in [6, 6.07) is 0. The molecule has 0 aliphatic rings. The molecule has 4 nitrogen and oxygen atoms in total. The van der Waals surface area contributed by atoms with Crippen LogP contribution in [0.1, 0.15) is 123 Å². The van der Waals surface area contributed by atoms with Gasteiger partial charge in [0.2, 0.25) is 0 Å². The molecule has 0 fully saturated rings. The molecular weight excluding hydrogens is 371 g/mol. The Morgan fingerprint density at radius 2 is 1.04 bits per heavy atom. The summed E-state index contributed by atoms with van der Waals surface area (Å²) in [6.07, 6.45) is 17.6. The van der Waals surface area contributed by atoms with Crippen LogP contribution in [0.25, 0.3) is 0 Å². The standard InChI is InChI=1S/C21H44O4S.Na/c1-3-4-5-15-18-21(26(23,24)25)19-16-13-11-9-7-6-8-10-12-14-17-20(2)22;/h20-22H,3-19H2,1-2H3,(H,23,24,25);/q;+1/p-1. The second kappa shape index (κ2) is 20.2.